The van der Waals surface area contributed by atoms with Crippen molar-refractivity contribution in [2.24, 2.45) is 11.8 Å². The van der Waals surface area contributed by atoms with Gasteiger partial charge in [-0.25, -0.2) is 4.98 Å². The fraction of sp³-hybridized carbons (Fsp3) is 0.476. The number of benzene rings is 1. The van der Waals surface area contributed by atoms with Gasteiger partial charge in [0.25, 0.3) is 0 Å². The van der Waals surface area contributed by atoms with Gasteiger partial charge in [0.15, 0.2) is 0 Å². The predicted molar refractivity (Wildman–Crippen MR) is 101 cm³/mol. The number of nitrogens with zero attached hydrogens (tertiary/aromatic N) is 2. The van der Waals surface area contributed by atoms with Crippen molar-refractivity contribution in [2.75, 3.05) is 0 Å². The van der Waals surface area contributed by atoms with Crippen LogP contribution in [-0.4, -0.2) is 14.5 Å². The Labute approximate surface area is 152 Å². The Morgan fingerprint density at radius 3 is 2.80 bits per heavy atom. The van der Waals surface area contributed by atoms with Crippen LogP contribution < -0.4 is 0 Å². The summed E-state index contributed by atoms with van der Waals surface area (Å²) in [7, 11) is 0. The van der Waals surface area contributed by atoms with Crippen LogP contribution in [0.5, 0.6) is 0 Å². The summed E-state index contributed by atoms with van der Waals surface area (Å²) in [5.41, 5.74) is 2.57. The molecule has 2 saturated carbocycles. The monoisotopic (exact) mass is 352 g/mol. The molecule has 2 aromatic heterocycles. The lowest BCUT2D eigenvalue weighted by Crippen LogP contribution is -2.13. The molecule has 0 radical (unpaired) electrons. The van der Waals surface area contributed by atoms with E-state index >= 15 is 0 Å². The molecule has 0 aliphatic heterocycles. The van der Waals surface area contributed by atoms with Gasteiger partial charge in [-0.15, -0.1) is 11.3 Å². The van der Waals surface area contributed by atoms with Crippen molar-refractivity contribution in [2.45, 2.75) is 50.5 Å². The van der Waals surface area contributed by atoms with E-state index in [-0.39, 0.29) is 6.10 Å². The van der Waals surface area contributed by atoms with Crippen LogP contribution in [0.3, 0.4) is 0 Å². The van der Waals surface area contributed by atoms with E-state index in [1.165, 1.54) is 34.5 Å². The molecule has 0 spiro atoms. The molecule has 130 valence electrons. The molecule has 3 aromatic rings. The van der Waals surface area contributed by atoms with Crippen LogP contribution >= 0.6 is 11.3 Å². The van der Waals surface area contributed by atoms with Gasteiger partial charge in [-0.05, 0) is 61.8 Å². The van der Waals surface area contributed by atoms with Gasteiger partial charge in [0.1, 0.15) is 11.2 Å². The molecular formula is C21H24N2OS. The summed E-state index contributed by atoms with van der Waals surface area (Å²) in [5, 5.41) is 11.2. The minimum Gasteiger partial charge on any atom is -0.387 e. The zero-order valence-electron chi connectivity index (χ0n) is 14.3. The molecule has 3 nitrogen and oxygen atoms in total. The Morgan fingerprint density at radius 1 is 1.16 bits per heavy atom. The summed E-state index contributed by atoms with van der Waals surface area (Å²) in [6, 6.07) is 10.8. The number of imidazole rings is 1. The van der Waals surface area contributed by atoms with Gasteiger partial charge in [0.05, 0.1) is 18.0 Å². The SMILES string of the molecule is OC(c1c(C2CC2)sc2cncn12)C1CCC(Cc2ccccc2)C1. The summed E-state index contributed by atoms with van der Waals surface area (Å²) in [4.78, 5) is 6.87. The van der Waals surface area contributed by atoms with Crippen molar-refractivity contribution in [3.63, 3.8) is 0 Å². The van der Waals surface area contributed by atoms with Crippen LogP contribution in [0.1, 0.15) is 60.3 Å². The van der Waals surface area contributed by atoms with Crippen molar-refractivity contribution in [3.05, 3.63) is 59.0 Å². The first kappa shape index (κ1) is 15.6. The highest BCUT2D eigenvalue weighted by atomic mass is 32.1. The minimum absolute atomic E-state index is 0.348. The number of rotatable bonds is 5. The Kier molecular flexibility index (Phi) is 3.90. The zero-order chi connectivity index (χ0) is 16.8. The number of thiazole rings is 1. The lowest BCUT2D eigenvalue weighted by molar-refractivity contribution is 0.103. The largest absolute Gasteiger partial charge is 0.387 e. The maximum atomic E-state index is 11.2. The van der Waals surface area contributed by atoms with Crippen molar-refractivity contribution in [1.82, 2.24) is 9.38 Å². The standard InChI is InChI=1S/C21H24N2OS/c24-20(17-7-6-15(11-17)10-14-4-2-1-3-5-14)19-21(16-8-9-16)25-18-12-22-13-23(18)19/h1-5,12-13,15-17,20,24H,6-11H2. The Bertz CT molecular complexity index is 865. The second-order valence-corrected chi connectivity index (χ2v) is 8.86. The molecule has 0 bridgehead atoms. The smallest absolute Gasteiger partial charge is 0.120 e. The lowest BCUT2D eigenvalue weighted by atomic mass is 9.93. The van der Waals surface area contributed by atoms with Crippen LogP contribution in [0.2, 0.25) is 0 Å². The number of aromatic nitrogens is 2. The van der Waals surface area contributed by atoms with E-state index in [0.29, 0.717) is 17.8 Å². The zero-order valence-corrected chi connectivity index (χ0v) is 15.2. The van der Waals surface area contributed by atoms with Crippen LogP contribution in [0.4, 0.5) is 0 Å². The third kappa shape index (κ3) is 2.91. The predicted octanol–water partition coefficient (Wildman–Crippen LogP) is 4.97. The topological polar surface area (TPSA) is 37.5 Å². The highest BCUT2D eigenvalue weighted by molar-refractivity contribution is 7.17. The number of aliphatic hydroxyl groups excluding tert-OH is 1. The van der Waals surface area contributed by atoms with Gasteiger partial charge in [0.2, 0.25) is 0 Å². The second-order valence-electron chi connectivity index (χ2n) is 7.80. The van der Waals surface area contributed by atoms with Crippen molar-refractivity contribution < 1.29 is 5.11 Å². The minimum atomic E-state index is -0.348. The van der Waals surface area contributed by atoms with E-state index in [1.807, 2.05) is 23.9 Å². The number of hydrogen-bond acceptors (Lipinski definition) is 3. The van der Waals surface area contributed by atoms with Crippen molar-refractivity contribution in [1.29, 1.82) is 0 Å². The summed E-state index contributed by atoms with van der Waals surface area (Å²) >= 11 is 1.83. The van der Waals surface area contributed by atoms with E-state index in [9.17, 15) is 5.11 Å². The second kappa shape index (κ2) is 6.26. The summed E-state index contributed by atoms with van der Waals surface area (Å²) < 4.78 is 2.15. The first-order valence-corrected chi connectivity index (χ1v) is 10.3. The summed E-state index contributed by atoms with van der Waals surface area (Å²) in [5.74, 6) is 1.76. The fourth-order valence-electron chi connectivity index (χ4n) is 4.51. The van der Waals surface area contributed by atoms with E-state index < -0.39 is 0 Å². The normalized spacial score (nSPS) is 24.8. The molecule has 4 heteroatoms. The molecule has 2 fully saturated rings. The van der Waals surface area contributed by atoms with Gasteiger partial charge in [-0.3, -0.25) is 4.40 Å². The summed E-state index contributed by atoms with van der Waals surface area (Å²) in [6.07, 6.45) is 10.7. The quantitative estimate of drug-likeness (QED) is 0.704. The van der Waals surface area contributed by atoms with Crippen molar-refractivity contribution in [3.8, 4) is 0 Å². The lowest BCUT2D eigenvalue weighted by Gasteiger charge is -2.20. The Morgan fingerprint density at radius 2 is 2.00 bits per heavy atom. The third-order valence-electron chi connectivity index (χ3n) is 5.95. The Hall–Kier alpha value is -1.65. The first-order chi connectivity index (χ1) is 12.3. The number of fused-ring (bicyclic) bond motifs is 1. The third-order valence-corrected chi connectivity index (χ3v) is 7.23. The molecule has 25 heavy (non-hydrogen) atoms. The molecule has 1 N–H and O–H groups in total. The highest BCUT2D eigenvalue weighted by Crippen LogP contribution is 2.50. The van der Waals surface area contributed by atoms with Crippen molar-refractivity contribution >= 4 is 16.2 Å². The number of hydrogen-bond donors (Lipinski definition) is 1. The maximum Gasteiger partial charge on any atom is 0.120 e. The van der Waals surface area contributed by atoms with Gasteiger partial charge >= 0.3 is 0 Å². The molecule has 3 atom stereocenters. The average Bonchev–Trinajstić information content (AvgIpc) is 3.04. The van der Waals surface area contributed by atoms with E-state index in [1.54, 1.807) is 0 Å². The summed E-state index contributed by atoms with van der Waals surface area (Å²) in [6.45, 7) is 0. The van der Waals surface area contributed by atoms with Gasteiger partial charge in [0, 0.05) is 4.88 Å². The van der Waals surface area contributed by atoms with Gasteiger partial charge < -0.3 is 5.11 Å². The average molecular weight is 353 g/mol. The molecule has 3 unspecified atom stereocenters. The van der Waals surface area contributed by atoms with Crippen LogP contribution in [0.25, 0.3) is 4.83 Å². The van der Waals surface area contributed by atoms with E-state index in [0.717, 1.165) is 25.0 Å². The Balaban J connectivity index is 1.36. The van der Waals surface area contributed by atoms with Gasteiger partial charge in [-0.2, -0.15) is 0 Å². The molecule has 1 aromatic carbocycles. The van der Waals surface area contributed by atoms with E-state index in [2.05, 4.69) is 39.7 Å². The van der Waals surface area contributed by atoms with Crippen LogP contribution in [0, 0.1) is 11.8 Å². The van der Waals surface area contributed by atoms with Crippen LogP contribution in [-0.2, 0) is 6.42 Å². The van der Waals surface area contributed by atoms with Gasteiger partial charge in [-0.1, -0.05) is 30.3 Å². The molecule has 0 saturated heterocycles. The van der Waals surface area contributed by atoms with Crippen LogP contribution in [0.15, 0.2) is 42.9 Å². The first-order valence-electron chi connectivity index (χ1n) is 9.46. The molecule has 2 aliphatic rings. The maximum absolute atomic E-state index is 11.2. The number of aliphatic hydroxyl groups is 1. The molecular weight excluding hydrogens is 328 g/mol. The fourth-order valence-corrected chi connectivity index (χ4v) is 5.81. The molecule has 2 aliphatic carbocycles. The van der Waals surface area contributed by atoms with E-state index in [4.69, 9.17) is 0 Å². The molecule has 2 heterocycles. The molecule has 5 rings (SSSR count). The molecule has 0 amide bonds. The highest BCUT2D eigenvalue weighted by Gasteiger charge is 2.37.